The number of hydrogen-bond acceptors (Lipinski definition) is 2. The quantitative estimate of drug-likeness (QED) is 0.694. The lowest BCUT2D eigenvalue weighted by atomic mass is 10.1. The van der Waals surface area contributed by atoms with Gasteiger partial charge in [-0.05, 0) is 19.8 Å². The highest BCUT2D eigenvalue weighted by Crippen LogP contribution is 2.13. The highest BCUT2D eigenvalue weighted by atomic mass is 16.2. The molecule has 84 valence electrons. The highest BCUT2D eigenvalue weighted by Gasteiger charge is 2.36. The first kappa shape index (κ1) is 11.8. The van der Waals surface area contributed by atoms with Gasteiger partial charge in [-0.1, -0.05) is 13.0 Å². The molecule has 0 aliphatic carbocycles. The molecular formula is C11H18N2O2. The van der Waals surface area contributed by atoms with Gasteiger partial charge in [-0.25, -0.2) is 0 Å². The molecule has 1 heterocycles. The number of carbonyl (C=O) groups excluding carboxylic acids is 2. The second-order valence-electron chi connectivity index (χ2n) is 3.76. The number of amides is 2. The van der Waals surface area contributed by atoms with Crippen molar-refractivity contribution < 1.29 is 9.59 Å². The van der Waals surface area contributed by atoms with Gasteiger partial charge in [-0.3, -0.25) is 9.59 Å². The zero-order valence-corrected chi connectivity index (χ0v) is 9.32. The van der Waals surface area contributed by atoms with Crippen molar-refractivity contribution in [1.82, 2.24) is 10.2 Å². The third-order valence-electron chi connectivity index (χ3n) is 2.65. The minimum Gasteiger partial charge on any atom is -0.343 e. The summed E-state index contributed by atoms with van der Waals surface area (Å²) in [6.07, 6.45) is 3.14. The van der Waals surface area contributed by atoms with Crippen LogP contribution in [0.3, 0.4) is 0 Å². The number of piperazine rings is 1. The van der Waals surface area contributed by atoms with Crippen molar-refractivity contribution in [1.29, 1.82) is 0 Å². The molecule has 0 radical (unpaired) electrons. The van der Waals surface area contributed by atoms with E-state index in [-0.39, 0.29) is 17.9 Å². The Labute approximate surface area is 90.3 Å². The summed E-state index contributed by atoms with van der Waals surface area (Å²) in [4.78, 5) is 25.1. The normalized spacial score (nSPS) is 26.4. The molecule has 1 N–H and O–H groups in total. The maximum absolute atomic E-state index is 11.8. The average Bonchev–Trinajstić information content (AvgIpc) is 2.21. The zero-order valence-electron chi connectivity index (χ0n) is 9.32. The Hall–Kier alpha value is -1.32. The molecule has 2 amide bonds. The summed E-state index contributed by atoms with van der Waals surface area (Å²) in [5, 5.41) is 2.68. The van der Waals surface area contributed by atoms with E-state index in [0.29, 0.717) is 13.0 Å². The fourth-order valence-electron chi connectivity index (χ4n) is 1.82. The van der Waals surface area contributed by atoms with Gasteiger partial charge < -0.3 is 10.2 Å². The average molecular weight is 210 g/mol. The van der Waals surface area contributed by atoms with Crippen molar-refractivity contribution in [2.24, 2.45) is 0 Å². The molecule has 0 aromatic rings. The van der Waals surface area contributed by atoms with Crippen molar-refractivity contribution >= 4 is 11.8 Å². The lowest BCUT2D eigenvalue weighted by Crippen LogP contribution is -2.62. The molecule has 1 aliphatic rings. The molecule has 0 aromatic heterocycles. The van der Waals surface area contributed by atoms with E-state index >= 15 is 0 Å². The number of rotatable bonds is 4. The van der Waals surface area contributed by atoms with Crippen LogP contribution >= 0.6 is 0 Å². The van der Waals surface area contributed by atoms with Crippen molar-refractivity contribution in [3.8, 4) is 0 Å². The van der Waals surface area contributed by atoms with Crippen LogP contribution in [0.2, 0.25) is 0 Å². The third-order valence-corrected chi connectivity index (χ3v) is 2.65. The van der Waals surface area contributed by atoms with Crippen LogP contribution in [0.15, 0.2) is 12.7 Å². The second-order valence-corrected chi connectivity index (χ2v) is 3.76. The van der Waals surface area contributed by atoms with Crippen LogP contribution < -0.4 is 5.32 Å². The van der Waals surface area contributed by atoms with Gasteiger partial charge in [-0.2, -0.15) is 0 Å². The highest BCUT2D eigenvalue weighted by molar-refractivity contribution is 5.96. The fourth-order valence-corrected chi connectivity index (χ4v) is 1.82. The summed E-state index contributed by atoms with van der Waals surface area (Å²) in [6.45, 7) is 7.83. The monoisotopic (exact) mass is 210 g/mol. The van der Waals surface area contributed by atoms with Gasteiger partial charge in [0.25, 0.3) is 0 Å². The Morgan fingerprint density at radius 1 is 1.53 bits per heavy atom. The van der Waals surface area contributed by atoms with Crippen LogP contribution in [0.4, 0.5) is 0 Å². The first-order valence-electron chi connectivity index (χ1n) is 5.33. The van der Waals surface area contributed by atoms with Gasteiger partial charge in [0.15, 0.2) is 0 Å². The first-order valence-corrected chi connectivity index (χ1v) is 5.33. The predicted octanol–water partition coefficient (Wildman–Crippen LogP) is 0.688. The Bertz CT molecular complexity index is 276. The van der Waals surface area contributed by atoms with Crippen LogP contribution in [0.5, 0.6) is 0 Å². The summed E-state index contributed by atoms with van der Waals surface area (Å²) < 4.78 is 0. The standard InChI is InChI=1S/C11H18N2O2/c1-4-6-7-13-9(5-2)10(14)12-8(3)11(13)15/h4,8-9H,1,5-7H2,2-3H3,(H,12,14). The predicted molar refractivity (Wildman–Crippen MR) is 58.2 cm³/mol. The largest absolute Gasteiger partial charge is 0.343 e. The molecule has 1 aliphatic heterocycles. The SMILES string of the molecule is C=CCCN1C(=O)C(C)NC(=O)C1CC. The summed E-state index contributed by atoms with van der Waals surface area (Å²) >= 11 is 0. The van der Waals surface area contributed by atoms with Gasteiger partial charge >= 0.3 is 0 Å². The van der Waals surface area contributed by atoms with Crippen LogP contribution in [-0.4, -0.2) is 35.3 Å². The number of nitrogens with one attached hydrogen (secondary N) is 1. The van der Waals surface area contributed by atoms with Gasteiger partial charge in [0.2, 0.25) is 11.8 Å². The van der Waals surface area contributed by atoms with Crippen molar-refractivity contribution in [2.75, 3.05) is 6.54 Å². The van der Waals surface area contributed by atoms with Crippen LogP contribution in [-0.2, 0) is 9.59 Å². The maximum Gasteiger partial charge on any atom is 0.245 e. The van der Waals surface area contributed by atoms with E-state index in [2.05, 4.69) is 11.9 Å². The smallest absolute Gasteiger partial charge is 0.245 e. The van der Waals surface area contributed by atoms with Gasteiger partial charge in [0.1, 0.15) is 12.1 Å². The lowest BCUT2D eigenvalue weighted by molar-refractivity contribution is -0.148. The molecule has 0 saturated carbocycles. The summed E-state index contributed by atoms with van der Waals surface area (Å²) in [7, 11) is 0. The van der Waals surface area contributed by atoms with Gasteiger partial charge in [-0.15, -0.1) is 6.58 Å². The molecule has 1 saturated heterocycles. The minimum absolute atomic E-state index is 0.00306. The minimum atomic E-state index is -0.398. The third kappa shape index (κ3) is 2.37. The summed E-state index contributed by atoms with van der Waals surface area (Å²) in [6, 6.07) is -0.709. The molecule has 15 heavy (non-hydrogen) atoms. The number of nitrogens with zero attached hydrogens (tertiary/aromatic N) is 1. The van der Waals surface area contributed by atoms with E-state index in [1.807, 2.05) is 6.92 Å². The molecule has 1 fully saturated rings. The first-order chi connectivity index (χ1) is 7.11. The van der Waals surface area contributed by atoms with E-state index in [4.69, 9.17) is 0 Å². The maximum atomic E-state index is 11.8. The van der Waals surface area contributed by atoms with Crippen molar-refractivity contribution in [3.63, 3.8) is 0 Å². The van der Waals surface area contributed by atoms with E-state index < -0.39 is 6.04 Å². The Morgan fingerprint density at radius 2 is 2.20 bits per heavy atom. The van der Waals surface area contributed by atoms with Crippen LogP contribution in [0.25, 0.3) is 0 Å². The topological polar surface area (TPSA) is 49.4 Å². The van der Waals surface area contributed by atoms with Gasteiger partial charge in [0, 0.05) is 6.54 Å². The van der Waals surface area contributed by atoms with Crippen LogP contribution in [0.1, 0.15) is 26.7 Å². The van der Waals surface area contributed by atoms with Crippen molar-refractivity contribution in [3.05, 3.63) is 12.7 Å². The van der Waals surface area contributed by atoms with E-state index in [1.165, 1.54) is 0 Å². The molecule has 0 spiro atoms. The van der Waals surface area contributed by atoms with E-state index in [9.17, 15) is 9.59 Å². The van der Waals surface area contributed by atoms with Crippen molar-refractivity contribution in [2.45, 2.75) is 38.8 Å². The zero-order chi connectivity index (χ0) is 11.4. The van der Waals surface area contributed by atoms with Gasteiger partial charge in [0.05, 0.1) is 0 Å². The number of carbonyl (C=O) groups is 2. The molecule has 2 unspecified atom stereocenters. The number of hydrogen-bond donors (Lipinski definition) is 1. The Balaban J connectivity index is 2.78. The molecule has 0 aromatic carbocycles. The second kappa shape index (κ2) is 4.96. The molecule has 1 rings (SSSR count). The molecular weight excluding hydrogens is 192 g/mol. The Kier molecular flexibility index (Phi) is 3.88. The van der Waals surface area contributed by atoms with E-state index in [0.717, 1.165) is 6.42 Å². The van der Waals surface area contributed by atoms with E-state index in [1.54, 1.807) is 17.9 Å². The summed E-state index contributed by atoms with van der Waals surface area (Å²) in [5.41, 5.74) is 0. The molecule has 2 atom stereocenters. The Morgan fingerprint density at radius 3 is 2.73 bits per heavy atom. The molecule has 4 heteroatoms. The fraction of sp³-hybridized carbons (Fsp3) is 0.636. The molecule has 4 nitrogen and oxygen atoms in total. The van der Waals surface area contributed by atoms with Crippen LogP contribution in [0, 0.1) is 0 Å². The molecule has 0 bridgehead atoms. The lowest BCUT2D eigenvalue weighted by Gasteiger charge is -2.37. The summed E-state index contributed by atoms with van der Waals surface area (Å²) in [5.74, 6) is -0.0445.